The summed E-state index contributed by atoms with van der Waals surface area (Å²) in [5.41, 5.74) is 2.62. The van der Waals surface area contributed by atoms with E-state index in [2.05, 4.69) is 37.0 Å². The highest BCUT2D eigenvalue weighted by atomic mass is 79.9. The lowest BCUT2D eigenvalue weighted by Gasteiger charge is -2.05. The molecule has 1 aromatic carbocycles. The van der Waals surface area contributed by atoms with Gasteiger partial charge < -0.3 is 15.0 Å². The minimum atomic E-state index is -0.350. The first-order chi connectivity index (χ1) is 9.20. The highest BCUT2D eigenvalue weighted by Crippen LogP contribution is 2.15. The summed E-state index contributed by atoms with van der Waals surface area (Å²) in [5.74, 6) is -0.350. The van der Waals surface area contributed by atoms with Gasteiger partial charge in [-0.15, -0.1) is 0 Å². The number of ether oxygens (including phenoxy) is 1. The van der Waals surface area contributed by atoms with Crippen molar-refractivity contribution in [1.82, 2.24) is 10.3 Å². The molecule has 0 radical (unpaired) electrons. The number of halogens is 1. The van der Waals surface area contributed by atoms with Crippen LogP contribution in [0.3, 0.4) is 0 Å². The Labute approximate surface area is 120 Å². The molecule has 1 aromatic heterocycles. The first-order valence-corrected chi connectivity index (χ1v) is 6.70. The van der Waals surface area contributed by atoms with Crippen molar-refractivity contribution in [2.45, 2.75) is 13.1 Å². The molecule has 0 saturated heterocycles. The summed E-state index contributed by atoms with van der Waals surface area (Å²) in [6.07, 6.45) is 0. The Balaban J connectivity index is 1.88. The maximum absolute atomic E-state index is 11.3. The van der Waals surface area contributed by atoms with Crippen molar-refractivity contribution < 1.29 is 9.53 Å². The maximum atomic E-state index is 11.3. The molecule has 2 rings (SSSR count). The molecule has 0 aliphatic heterocycles. The van der Waals surface area contributed by atoms with Gasteiger partial charge in [-0.05, 0) is 23.8 Å². The van der Waals surface area contributed by atoms with Gasteiger partial charge in [0.15, 0.2) is 0 Å². The molecule has 0 amide bonds. The number of benzene rings is 1. The largest absolute Gasteiger partial charge is 0.464 e. The quantitative estimate of drug-likeness (QED) is 0.832. The minimum absolute atomic E-state index is 0.350. The van der Waals surface area contributed by atoms with Crippen LogP contribution < -0.4 is 5.32 Å². The van der Waals surface area contributed by atoms with Crippen LogP contribution in [-0.2, 0) is 17.8 Å². The van der Waals surface area contributed by atoms with E-state index in [1.165, 1.54) is 12.7 Å². The molecule has 0 saturated carbocycles. The second-order valence-electron chi connectivity index (χ2n) is 4.08. The van der Waals surface area contributed by atoms with Crippen LogP contribution in [0.4, 0.5) is 0 Å². The Hall–Kier alpha value is -1.59. The molecule has 19 heavy (non-hydrogen) atoms. The van der Waals surface area contributed by atoms with Gasteiger partial charge in [0.1, 0.15) is 5.69 Å². The molecule has 2 aromatic rings. The fourth-order valence-corrected chi connectivity index (χ4v) is 2.17. The minimum Gasteiger partial charge on any atom is -0.464 e. The van der Waals surface area contributed by atoms with E-state index in [-0.39, 0.29) is 5.97 Å². The summed E-state index contributed by atoms with van der Waals surface area (Å²) < 4.78 is 5.73. The van der Waals surface area contributed by atoms with Crippen molar-refractivity contribution >= 4 is 21.9 Å². The zero-order valence-corrected chi connectivity index (χ0v) is 12.2. The Morgan fingerprint density at radius 3 is 2.79 bits per heavy atom. The van der Waals surface area contributed by atoms with Gasteiger partial charge in [0.25, 0.3) is 0 Å². The monoisotopic (exact) mass is 322 g/mol. The normalized spacial score (nSPS) is 10.4. The molecule has 2 N–H and O–H groups in total. The van der Waals surface area contributed by atoms with E-state index in [1.807, 2.05) is 24.3 Å². The number of aromatic nitrogens is 1. The molecule has 0 unspecified atom stereocenters. The van der Waals surface area contributed by atoms with Crippen LogP contribution in [0.1, 0.15) is 21.7 Å². The predicted molar refractivity (Wildman–Crippen MR) is 76.8 cm³/mol. The average molecular weight is 323 g/mol. The third-order valence-electron chi connectivity index (χ3n) is 2.74. The van der Waals surface area contributed by atoms with Gasteiger partial charge >= 0.3 is 5.97 Å². The molecular formula is C14H15BrN2O2. The Morgan fingerprint density at radius 1 is 1.26 bits per heavy atom. The van der Waals surface area contributed by atoms with Crippen molar-refractivity contribution in [3.63, 3.8) is 0 Å². The van der Waals surface area contributed by atoms with E-state index >= 15 is 0 Å². The van der Waals surface area contributed by atoms with Crippen LogP contribution in [0.5, 0.6) is 0 Å². The number of methoxy groups -OCH3 is 1. The van der Waals surface area contributed by atoms with Crippen molar-refractivity contribution in [2.24, 2.45) is 0 Å². The first-order valence-electron chi connectivity index (χ1n) is 5.91. The van der Waals surface area contributed by atoms with Crippen LogP contribution in [0, 0.1) is 0 Å². The van der Waals surface area contributed by atoms with Crippen LogP contribution in [-0.4, -0.2) is 18.1 Å². The SMILES string of the molecule is COC(=O)c1ccc(CNCc2ccccc2Br)[nH]1. The Kier molecular flexibility index (Phi) is 4.76. The lowest BCUT2D eigenvalue weighted by molar-refractivity contribution is 0.0594. The summed E-state index contributed by atoms with van der Waals surface area (Å²) in [7, 11) is 1.37. The summed E-state index contributed by atoms with van der Waals surface area (Å²) in [4.78, 5) is 14.3. The van der Waals surface area contributed by atoms with Crippen LogP contribution in [0.25, 0.3) is 0 Å². The predicted octanol–water partition coefficient (Wildman–Crippen LogP) is 2.85. The van der Waals surface area contributed by atoms with Gasteiger partial charge in [0.05, 0.1) is 7.11 Å². The van der Waals surface area contributed by atoms with Gasteiger partial charge in [-0.1, -0.05) is 34.1 Å². The molecule has 0 spiro atoms. The zero-order chi connectivity index (χ0) is 13.7. The van der Waals surface area contributed by atoms with Gasteiger partial charge in [0.2, 0.25) is 0 Å². The Morgan fingerprint density at radius 2 is 2.05 bits per heavy atom. The lowest BCUT2D eigenvalue weighted by atomic mass is 10.2. The van der Waals surface area contributed by atoms with Gasteiger partial charge in [-0.25, -0.2) is 4.79 Å². The van der Waals surface area contributed by atoms with E-state index < -0.39 is 0 Å². The highest BCUT2D eigenvalue weighted by molar-refractivity contribution is 9.10. The fourth-order valence-electron chi connectivity index (χ4n) is 1.75. The second-order valence-corrected chi connectivity index (χ2v) is 4.94. The zero-order valence-electron chi connectivity index (χ0n) is 10.6. The maximum Gasteiger partial charge on any atom is 0.354 e. The van der Waals surface area contributed by atoms with Crippen molar-refractivity contribution in [3.8, 4) is 0 Å². The number of hydrogen-bond donors (Lipinski definition) is 2. The van der Waals surface area contributed by atoms with E-state index in [0.717, 1.165) is 16.7 Å². The number of esters is 1. The number of hydrogen-bond acceptors (Lipinski definition) is 3. The van der Waals surface area contributed by atoms with E-state index in [4.69, 9.17) is 0 Å². The van der Waals surface area contributed by atoms with Gasteiger partial charge in [-0.3, -0.25) is 0 Å². The van der Waals surface area contributed by atoms with Gasteiger partial charge in [0, 0.05) is 23.3 Å². The summed E-state index contributed by atoms with van der Waals surface area (Å²) in [5, 5.41) is 3.32. The van der Waals surface area contributed by atoms with Gasteiger partial charge in [-0.2, -0.15) is 0 Å². The van der Waals surface area contributed by atoms with Crippen molar-refractivity contribution in [3.05, 3.63) is 57.8 Å². The fraction of sp³-hybridized carbons (Fsp3) is 0.214. The summed E-state index contributed by atoms with van der Waals surface area (Å²) >= 11 is 3.51. The van der Waals surface area contributed by atoms with Crippen molar-refractivity contribution in [1.29, 1.82) is 0 Å². The molecule has 1 heterocycles. The molecular weight excluding hydrogens is 308 g/mol. The highest BCUT2D eigenvalue weighted by Gasteiger charge is 2.07. The van der Waals surface area contributed by atoms with Crippen LogP contribution in [0.15, 0.2) is 40.9 Å². The Bertz CT molecular complexity index is 566. The molecule has 4 nitrogen and oxygen atoms in total. The second kappa shape index (κ2) is 6.54. The van der Waals surface area contributed by atoms with Crippen LogP contribution >= 0.6 is 15.9 Å². The van der Waals surface area contributed by atoms with Crippen LogP contribution in [0.2, 0.25) is 0 Å². The number of H-pyrrole nitrogens is 1. The topological polar surface area (TPSA) is 54.1 Å². The van der Waals surface area contributed by atoms with E-state index in [1.54, 1.807) is 6.07 Å². The van der Waals surface area contributed by atoms with E-state index in [9.17, 15) is 4.79 Å². The van der Waals surface area contributed by atoms with E-state index in [0.29, 0.717) is 12.2 Å². The molecule has 0 aliphatic rings. The lowest BCUT2D eigenvalue weighted by Crippen LogP contribution is -2.13. The summed E-state index contributed by atoms with van der Waals surface area (Å²) in [6, 6.07) is 11.7. The number of nitrogens with one attached hydrogen (secondary N) is 2. The smallest absolute Gasteiger partial charge is 0.354 e. The molecule has 0 bridgehead atoms. The number of carbonyl (C=O) groups is 1. The molecule has 0 fully saturated rings. The number of aromatic amines is 1. The standard InChI is InChI=1S/C14H15BrN2O2/c1-19-14(18)13-7-6-11(17-13)9-16-8-10-4-2-3-5-12(10)15/h2-7,16-17H,8-9H2,1H3. The molecule has 100 valence electrons. The third-order valence-corrected chi connectivity index (χ3v) is 3.51. The molecule has 0 aliphatic carbocycles. The van der Waals surface area contributed by atoms with Crippen molar-refractivity contribution in [2.75, 3.05) is 7.11 Å². The summed E-state index contributed by atoms with van der Waals surface area (Å²) in [6.45, 7) is 1.42. The molecule has 0 atom stereocenters. The third kappa shape index (κ3) is 3.68. The average Bonchev–Trinajstić information content (AvgIpc) is 2.89. The number of carbonyl (C=O) groups excluding carboxylic acids is 1. The number of rotatable bonds is 5. The molecule has 5 heteroatoms. The first kappa shape index (κ1) is 13.8.